The van der Waals surface area contributed by atoms with Gasteiger partial charge in [0.15, 0.2) is 17.5 Å². The Morgan fingerprint density at radius 1 is 0.169 bits per heavy atom. The third-order valence-corrected chi connectivity index (χ3v) is 36.3. The minimum atomic E-state index is 0.636. The number of benzene rings is 14. The third-order valence-electron chi connectivity index (χ3n) is 26.2. The summed E-state index contributed by atoms with van der Waals surface area (Å²) in [7, 11) is 0. The van der Waals surface area contributed by atoms with Gasteiger partial charge >= 0.3 is 0 Å². The lowest BCUT2D eigenvalue weighted by Crippen LogP contribution is -2.05. The highest BCUT2D eigenvalue weighted by atomic mass is 32.1. The number of hydrogen-bond donors (Lipinski definition) is 0. The van der Waals surface area contributed by atoms with E-state index >= 15 is 0 Å². The van der Waals surface area contributed by atoms with E-state index in [4.69, 9.17) is 39.9 Å². The smallest absolute Gasteiger partial charge is 0.239 e. The molecule has 0 saturated carbocycles. The van der Waals surface area contributed by atoms with Gasteiger partial charge in [-0.2, -0.15) is 9.97 Å². The van der Waals surface area contributed by atoms with E-state index in [-0.39, 0.29) is 0 Å². The molecule has 0 aliphatic heterocycles. The summed E-state index contributed by atoms with van der Waals surface area (Å²) in [6.45, 7) is 0. The lowest BCUT2D eigenvalue weighted by atomic mass is 10.1. The number of rotatable bonds is 11. The molecule has 0 spiro atoms. The summed E-state index contributed by atoms with van der Waals surface area (Å²) < 4.78 is 25.3. The Morgan fingerprint density at radius 2 is 0.451 bits per heavy atom. The van der Waals surface area contributed by atoms with Crippen molar-refractivity contribution in [3.05, 3.63) is 431 Å². The van der Waals surface area contributed by atoms with E-state index in [0.29, 0.717) is 23.5 Å². The van der Waals surface area contributed by atoms with Gasteiger partial charge in [-0.25, -0.2) is 29.9 Å². The first kappa shape index (κ1) is 83.6. The summed E-state index contributed by atoms with van der Waals surface area (Å²) in [5, 5.41) is 15.5. The van der Waals surface area contributed by atoms with E-state index in [1.807, 2.05) is 212 Å². The summed E-state index contributed by atoms with van der Waals surface area (Å²) >= 11 is 14.9. The maximum absolute atomic E-state index is 5.15. The molecule has 17 aromatic heterocycles. The zero-order chi connectivity index (χ0) is 93.4. The Morgan fingerprint density at radius 3 is 0.817 bits per heavy atom. The number of aromatic nitrogens is 13. The van der Waals surface area contributed by atoms with Crippen LogP contribution in [0.2, 0.25) is 0 Å². The lowest BCUT2D eigenvalue weighted by molar-refractivity contribution is 0.957. The Kier molecular flexibility index (Phi) is 20.5. The Bertz CT molecular complexity index is 9450. The normalized spacial score (nSPS) is 11.8. The van der Waals surface area contributed by atoms with Crippen LogP contribution in [0, 0.1) is 0 Å². The van der Waals surface area contributed by atoms with Gasteiger partial charge in [-0.1, -0.05) is 334 Å². The zero-order valence-electron chi connectivity index (χ0n) is 75.1. The second kappa shape index (κ2) is 34.8. The van der Waals surface area contributed by atoms with E-state index in [0.717, 1.165) is 95.0 Å². The molecule has 31 rings (SSSR count). The summed E-state index contributed by atoms with van der Waals surface area (Å²) in [6.07, 6.45) is 3.62. The molecule has 0 aliphatic carbocycles. The number of thiophene rings is 8. The number of para-hydroxylation sites is 4. The van der Waals surface area contributed by atoms with Gasteiger partial charge < -0.3 is 0 Å². The molecule has 0 aliphatic rings. The molecule has 668 valence electrons. The monoisotopic (exact) mass is 1960 g/mol. The van der Waals surface area contributed by atoms with Crippen LogP contribution in [0.4, 0.5) is 0 Å². The molecule has 0 N–H and O–H groups in total. The minimum Gasteiger partial charge on any atom is -0.285 e. The lowest BCUT2D eigenvalue weighted by Gasteiger charge is -2.11. The van der Waals surface area contributed by atoms with E-state index < -0.39 is 0 Å². The highest BCUT2D eigenvalue weighted by Crippen LogP contribution is 2.54. The average Bonchev–Trinajstić information content (AvgIpc) is 1.56. The van der Waals surface area contributed by atoms with Gasteiger partial charge in [-0.3, -0.25) is 23.3 Å². The maximum Gasteiger partial charge on any atom is 0.239 e. The van der Waals surface area contributed by atoms with Crippen LogP contribution < -0.4 is 0 Å². The van der Waals surface area contributed by atoms with Crippen LogP contribution in [0.5, 0.6) is 0 Å². The van der Waals surface area contributed by atoms with Crippen LogP contribution in [0.3, 0.4) is 0 Å². The van der Waals surface area contributed by atoms with Gasteiger partial charge in [-0.05, 0) is 78.9 Å². The molecule has 21 heteroatoms. The largest absolute Gasteiger partial charge is 0.285 e. The molecule has 14 aromatic carbocycles. The molecular formula is C121H71N13S8. The molecule has 17 heterocycles. The van der Waals surface area contributed by atoms with Crippen molar-refractivity contribution >= 4 is 253 Å². The first-order valence-electron chi connectivity index (χ1n) is 46.5. The molecule has 13 nitrogen and oxygen atoms in total. The molecule has 31 aromatic rings. The molecule has 0 fully saturated rings. The Balaban J connectivity index is 0.0000000927. The van der Waals surface area contributed by atoms with Crippen LogP contribution in [-0.2, 0) is 0 Å². The van der Waals surface area contributed by atoms with Crippen molar-refractivity contribution in [3.63, 3.8) is 0 Å². The number of hydrogen-bond acceptors (Lipinski definition) is 17. The highest BCUT2D eigenvalue weighted by Gasteiger charge is 2.29. The Labute approximate surface area is 842 Å². The van der Waals surface area contributed by atoms with Crippen molar-refractivity contribution < 1.29 is 0 Å². The van der Waals surface area contributed by atoms with Crippen LogP contribution in [0.25, 0.3) is 265 Å². The fourth-order valence-corrected chi connectivity index (χ4v) is 30.9. The van der Waals surface area contributed by atoms with Crippen molar-refractivity contribution in [1.29, 1.82) is 0 Å². The highest BCUT2D eigenvalue weighted by molar-refractivity contribution is 7.39. The quantitative estimate of drug-likeness (QED) is 0.124. The number of pyridine rings is 2. The van der Waals surface area contributed by atoms with Crippen molar-refractivity contribution in [2.75, 3.05) is 0 Å². The van der Waals surface area contributed by atoms with Crippen molar-refractivity contribution in [3.8, 4) is 103 Å². The van der Waals surface area contributed by atoms with Gasteiger partial charge in [0, 0.05) is 141 Å². The fourth-order valence-electron chi connectivity index (χ4n) is 19.7. The molecule has 0 atom stereocenters. The maximum atomic E-state index is 5.15. The third kappa shape index (κ3) is 14.2. The number of fused-ring (bicyclic) bond motifs is 28. The second-order valence-corrected chi connectivity index (χ2v) is 42.7. The van der Waals surface area contributed by atoms with E-state index in [1.54, 1.807) is 0 Å². The molecule has 0 radical (unpaired) electrons. The van der Waals surface area contributed by atoms with Crippen LogP contribution >= 0.6 is 90.7 Å². The predicted octanol–water partition coefficient (Wildman–Crippen LogP) is 35.1. The second-order valence-electron chi connectivity index (χ2n) is 34.5. The van der Waals surface area contributed by atoms with Gasteiger partial charge in [0.05, 0.1) is 82.4 Å². The first-order valence-corrected chi connectivity index (χ1v) is 53.1. The van der Waals surface area contributed by atoms with Crippen molar-refractivity contribution in [1.82, 2.24) is 63.1 Å². The SMILES string of the molecule is c1cc(-c2ccncc2)nc(-n2c3ccccc3c3c4sc5ccccc5c4sc32)c1.c1ccc(-c2cc(-c3ccccc3)nc(-n3c4ccccc4c4c5sc6ccccc6c5sc43)n2)cc1.c1ccc(-c2cc(-n3c4ccccc4c4c5sc6ccccc6c5sc43)nc(-c3ccccc3)n2)cc1.c1ccc(-c2nc(-c3ccccc3)nc(-n3c4ccccc4c4c5sc6ccccc6c5sc43)n2)cc1. The molecular weight excluding hydrogens is 1890 g/mol. The fraction of sp³-hybridized carbons (Fsp3) is 0. The molecule has 142 heavy (non-hydrogen) atoms. The van der Waals surface area contributed by atoms with E-state index in [2.05, 4.69) is 333 Å². The summed E-state index contributed by atoms with van der Waals surface area (Å²) in [5.74, 6) is 5.22. The topological polar surface area (TPSA) is 136 Å². The molecule has 0 saturated heterocycles. The average molecular weight is 1960 g/mol. The summed E-state index contributed by atoms with van der Waals surface area (Å²) in [6, 6.07) is 145. The van der Waals surface area contributed by atoms with Gasteiger partial charge in [-0.15, -0.1) is 90.7 Å². The molecule has 0 bridgehead atoms. The minimum absolute atomic E-state index is 0.636. The Hall–Kier alpha value is -16.6. The standard InChI is InChI=1S/2C32H19N3S2.C31H18N4S2.C26H15N3S2/c1-3-11-20(12-4-1)24-19-25(21-13-5-2-6-14-21)34-32(33-24)35-26-17-9-7-15-22(26)28-30-29(37-31(28)35)23-16-8-10-18-27(23)36-30;1-3-11-20(12-4-1)24-19-27(34-31(33-24)21-13-5-2-6-14-21)35-25-17-9-7-15-22(25)28-30-29(37-32(28)35)23-16-8-10-18-26(23)36-30;1-3-11-19(12-4-1)28-32-29(20-13-5-2-6-14-20)34-31(33-28)35-23-17-9-7-15-21(23)25-27-26(37-30(25)35)22-16-8-10-18-24(22)36-27;1-3-9-20-17(6-1)23-25-24(18-7-2-4-10-21(18)30-25)31-26(23)29(20)22-11-5-8-19(28-22)16-12-14-27-15-13-16/h2*1-19H;1-18H;1-15H. The van der Waals surface area contributed by atoms with Crippen LogP contribution in [0.15, 0.2) is 431 Å². The van der Waals surface area contributed by atoms with Crippen LogP contribution in [-0.4, -0.2) is 63.1 Å². The van der Waals surface area contributed by atoms with E-state index in [9.17, 15) is 0 Å². The molecule has 0 amide bonds. The van der Waals surface area contributed by atoms with Gasteiger partial charge in [0.25, 0.3) is 0 Å². The van der Waals surface area contributed by atoms with Crippen LogP contribution in [0.1, 0.15) is 0 Å². The van der Waals surface area contributed by atoms with Gasteiger partial charge in [0.1, 0.15) is 31.0 Å². The predicted molar refractivity (Wildman–Crippen MR) is 604 cm³/mol. The molecule has 0 unspecified atom stereocenters. The zero-order valence-corrected chi connectivity index (χ0v) is 81.6. The van der Waals surface area contributed by atoms with E-state index in [1.165, 1.54) is 147 Å². The summed E-state index contributed by atoms with van der Waals surface area (Å²) in [5.41, 5.74) is 15.5. The summed E-state index contributed by atoms with van der Waals surface area (Å²) in [4.78, 5) is 49.4. The van der Waals surface area contributed by atoms with Gasteiger partial charge in [0.2, 0.25) is 11.9 Å². The van der Waals surface area contributed by atoms with Crippen molar-refractivity contribution in [2.24, 2.45) is 0 Å². The number of nitrogens with zero attached hydrogens (tertiary/aromatic N) is 13. The first-order chi connectivity index (χ1) is 70.4. The van der Waals surface area contributed by atoms with Crippen molar-refractivity contribution in [2.45, 2.75) is 0 Å².